The van der Waals surface area contributed by atoms with E-state index in [0.29, 0.717) is 17.9 Å². The SMILES string of the molecule is CC(C)NCc1cc(OCC2CC=CCC2C)ccn1. The van der Waals surface area contributed by atoms with Crippen LogP contribution in [0.1, 0.15) is 39.3 Å². The summed E-state index contributed by atoms with van der Waals surface area (Å²) in [6.45, 7) is 8.17. The maximum Gasteiger partial charge on any atom is 0.122 e. The lowest BCUT2D eigenvalue weighted by molar-refractivity contribution is 0.198. The van der Waals surface area contributed by atoms with Gasteiger partial charge >= 0.3 is 0 Å². The molecule has 1 N–H and O–H groups in total. The van der Waals surface area contributed by atoms with Crippen LogP contribution in [0.25, 0.3) is 0 Å². The van der Waals surface area contributed by atoms with E-state index in [1.165, 1.54) is 6.42 Å². The molecule has 2 rings (SSSR count). The van der Waals surface area contributed by atoms with Gasteiger partial charge < -0.3 is 10.1 Å². The second kappa shape index (κ2) is 7.44. The fourth-order valence-electron chi connectivity index (χ4n) is 2.39. The zero-order valence-electron chi connectivity index (χ0n) is 12.8. The van der Waals surface area contributed by atoms with Crippen molar-refractivity contribution < 1.29 is 4.74 Å². The van der Waals surface area contributed by atoms with E-state index in [2.05, 4.69) is 43.2 Å². The molecule has 0 fully saturated rings. The number of pyridine rings is 1. The van der Waals surface area contributed by atoms with E-state index >= 15 is 0 Å². The standard InChI is InChI=1S/C17H26N2O/c1-13(2)19-11-16-10-17(8-9-18-16)20-12-15-7-5-4-6-14(15)3/h4-5,8-10,13-15,19H,6-7,11-12H2,1-3H3. The van der Waals surface area contributed by atoms with Gasteiger partial charge in [-0.2, -0.15) is 0 Å². The number of hydrogen-bond donors (Lipinski definition) is 1. The van der Waals surface area contributed by atoms with E-state index in [9.17, 15) is 0 Å². The van der Waals surface area contributed by atoms with Crippen molar-refractivity contribution in [2.45, 2.75) is 46.2 Å². The molecule has 0 saturated carbocycles. The molecule has 0 bridgehead atoms. The summed E-state index contributed by atoms with van der Waals surface area (Å²) in [6.07, 6.45) is 8.70. The first kappa shape index (κ1) is 15.0. The van der Waals surface area contributed by atoms with Crippen LogP contribution in [0.5, 0.6) is 5.75 Å². The topological polar surface area (TPSA) is 34.1 Å². The molecule has 1 aromatic rings. The second-order valence-electron chi connectivity index (χ2n) is 6.01. The molecule has 1 aliphatic rings. The van der Waals surface area contributed by atoms with Crippen molar-refractivity contribution in [2.75, 3.05) is 6.61 Å². The summed E-state index contributed by atoms with van der Waals surface area (Å²) in [5.74, 6) is 2.27. The molecular formula is C17H26N2O. The molecule has 2 unspecified atom stereocenters. The molecule has 0 spiro atoms. The van der Waals surface area contributed by atoms with Gasteiger partial charge in [-0.1, -0.05) is 32.9 Å². The highest BCUT2D eigenvalue weighted by Crippen LogP contribution is 2.25. The molecule has 1 aliphatic carbocycles. The molecule has 1 heterocycles. The predicted octanol–water partition coefficient (Wildman–Crippen LogP) is 3.56. The zero-order valence-corrected chi connectivity index (χ0v) is 12.8. The predicted molar refractivity (Wildman–Crippen MR) is 82.7 cm³/mol. The molecule has 1 aromatic heterocycles. The molecule has 20 heavy (non-hydrogen) atoms. The Bertz CT molecular complexity index is 442. The Hall–Kier alpha value is -1.35. The first-order valence-corrected chi connectivity index (χ1v) is 7.61. The maximum atomic E-state index is 5.96. The first-order valence-electron chi connectivity index (χ1n) is 7.61. The van der Waals surface area contributed by atoms with Gasteiger partial charge in [0.1, 0.15) is 5.75 Å². The van der Waals surface area contributed by atoms with Crippen molar-refractivity contribution >= 4 is 0 Å². The van der Waals surface area contributed by atoms with Crippen LogP contribution in [0.3, 0.4) is 0 Å². The molecule has 0 aliphatic heterocycles. The van der Waals surface area contributed by atoms with Gasteiger partial charge in [0.05, 0.1) is 12.3 Å². The molecular weight excluding hydrogens is 248 g/mol. The molecule has 0 aromatic carbocycles. The lowest BCUT2D eigenvalue weighted by atomic mass is 9.85. The molecule has 3 nitrogen and oxygen atoms in total. The fourth-order valence-corrected chi connectivity index (χ4v) is 2.39. The Kier molecular flexibility index (Phi) is 5.60. The van der Waals surface area contributed by atoms with Gasteiger partial charge in [-0.15, -0.1) is 0 Å². The van der Waals surface area contributed by atoms with Crippen molar-refractivity contribution in [3.8, 4) is 5.75 Å². The smallest absolute Gasteiger partial charge is 0.122 e. The van der Waals surface area contributed by atoms with Gasteiger partial charge in [0.15, 0.2) is 0 Å². The van der Waals surface area contributed by atoms with E-state index in [1.54, 1.807) is 0 Å². The minimum Gasteiger partial charge on any atom is -0.493 e. The van der Waals surface area contributed by atoms with Crippen molar-refractivity contribution in [2.24, 2.45) is 11.8 Å². The normalized spacial score (nSPS) is 22.2. The van der Waals surface area contributed by atoms with Crippen LogP contribution < -0.4 is 10.1 Å². The number of nitrogens with zero attached hydrogens (tertiary/aromatic N) is 1. The summed E-state index contributed by atoms with van der Waals surface area (Å²) in [5.41, 5.74) is 1.03. The Morgan fingerprint density at radius 1 is 1.35 bits per heavy atom. The van der Waals surface area contributed by atoms with Crippen LogP contribution in [0.15, 0.2) is 30.5 Å². The molecule has 110 valence electrons. The van der Waals surface area contributed by atoms with E-state index in [-0.39, 0.29) is 0 Å². The second-order valence-corrected chi connectivity index (χ2v) is 6.01. The highest BCUT2D eigenvalue weighted by Gasteiger charge is 2.18. The van der Waals surface area contributed by atoms with Crippen LogP contribution >= 0.6 is 0 Å². The van der Waals surface area contributed by atoms with Crippen LogP contribution in [0.4, 0.5) is 0 Å². The number of ether oxygens (including phenoxy) is 1. The summed E-state index contributed by atoms with van der Waals surface area (Å²) in [4.78, 5) is 4.37. The minimum absolute atomic E-state index is 0.469. The zero-order chi connectivity index (χ0) is 14.4. The molecule has 0 radical (unpaired) electrons. The average molecular weight is 274 g/mol. The van der Waals surface area contributed by atoms with Crippen molar-refractivity contribution in [1.82, 2.24) is 10.3 Å². The molecule has 0 saturated heterocycles. The maximum absolute atomic E-state index is 5.96. The van der Waals surface area contributed by atoms with Gasteiger partial charge in [-0.05, 0) is 30.7 Å². The number of hydrogen-bond acceptors (Lipinski definition) is 3. The van der Waals surface area contributed by atoms with Crippen LogP contribution in [0.2, 0.25) is 0 Å². The number of nitrogens with one attached hydrogen (secondary N) is 1. The van der Waals surface area contributed by atoms with Crippen molar-refractivity contribution in [3.63, 3.8) is 0 Å². The monoisotopic (exact) mass is 274 g/mol. The summed E-state index contributed by atoms with van der Waals surface area (Å²) in [7, 11) is 0. The number of allylic oxidation sites excluding steroid dienone is 2. The van der Waals surface area contributed by atoms with Gasteiger partial charge in [0.2, 0.25) is 0 Å². The molecule has 2 atom stereocenters. The van der Waals surface area contributed by atoms with E-state index in [1.807, 2.05) is 18.3 Å². The van der Waals surface area contributed by atoms with Gasteiger partial charge in [0, 0.05) is 24.8 Å². The van der Waals surface area contributed by atoms with Crippen LogP contribution in [-0.4, -0.2) is 17.6 Å². The van der Waals surface area contributed by atoms with Crippen molar-refractivity contribution in [3.05, 3.63) is 36.2 Å². The first-order chi connectivity index (χ1) is 9.65. The Morgan fingerprint density at radius 2 is 2.15 bits per heavy atom. The van der Waals surface area contributed by atoms with E-state index in [4.69, 9.17) is 4.74 Å². The summed E-state index contributed by atoms with van der Waals surface area (Å²) < 4.78 is 5.96. The largest absolute Gasteiger partial charge is 0.493 e. The third kappa shape index (κ3) is 4.64. The average Bonchev–Trinajstić information content (AvgIpc) is 2.45. The number of aromatic nitrogens is 1. The third-order valence-corrected chi connectivity index (χ3v) is 3.86. The highest BCUT2D eigenvalue weighted by molar-refractivity contribution is 5.22. The van der Waals surface area contributed by atoms with Gasteiger partial charge in [0.25, 0.3) is 0 Å². The fraction of sp³-hybridized carbons (Fsp3) is 0.588. The van der Waals surface area contributed by atoms with Gasteiger partial charge in [-0.25, -0.2) is 0 Å². The summed E-state index contributed by atoms with van der Waals surface area (Å²) in [6, 6.07) is 4.46. The van der Waals surface area contributed by atoms with E-state index in [0.717, 1.165) is 31.0 Å². The Balaban J connectivity index is 1.86. The van der Waals surface area contributed by atoms with Gasteiger partial charge in [-0.3, -0.25) is 4.98 Å². The lowest BCUT2D eigenvalue weighted by Crippen LogP contribution is -2.23. The van der Waals surface area contributed by atoms with Crippen LogP contribution in [0, 0.1) is 11.8 Å². The van der Waals surface area contributed by atoms with Crippen molar-refractivity contribution in [1.29, 1.82) is 0 Å². The number of rotatable bonds is 6. The summed E-state index contributed by atoms with van der Waals surface area (Å²) >= 11 is 0. The Morgan fingerprint density at radius 3 is 2.90 bits per heavy atom. The summed E-state index contributed by atoms with van der Waals surface area (Å²) in [5, 5.41) is 3.37. The molecule has 0 amide bonds. The molecule has 3 heteroatoms. The van der Waals surface area contributed by atoms with E-state index < -0.39 is 0 Å². The Labute approximate surface area is 122 Å². The van der Waals surface area contributed by atoms with Crippen LogP contribution in [-0.2, 0) is 6.54 Å². The minimum atomic E-state index is 0.469. The lowest BCUT2D eigenvalue weighted by Gasteiger charge is -2.25. The quantitative estimate of drug-likeness (QED) is 0.805. The highest BCUT2D eigenvalue weighted by atomic mass is 16.5. The third-order valence-electron chi connectivity index (χ3n) is 3.86.